The van der Waals surface area contributed by atoms with Gasteiger partial charge in [0.15, 0.2) is 0 Å². The number of thiazole rings is 1. The molecule has 0 radical (unpaired) electrons. The Kier molecular flexibility index (Phi) is 6.46. The van der Waals surface area contributed by atoms with Crippen LogP contribution in [0.3, 0.4) is 0 Å². The van der Waals surface area contributed by atoms with Crippen molar-refractivity contribution in [3.63, 3.8) is 0 Å². The van der Waals surface area contributed by atoms with E-state index in [4.69, 9.17) is 11.8 Å². The van der Waals surface area contributed by atoms with Gasteiger partial charge >= 0.3 is 0 Å². The molecule has 0 N–H and O–H groups in total. The summed E-state index contributed by atoms with van der Waals surface area (Å²) in [5.41, 5.74) is 1.87. The first-order valence-corrected chi connectivity index (χ1v) is 10.4. The molecule has 0 atom stereocenters. The van der Waals surface area contributed by atoms with Crippen LogP contribution in [0, 0.1) is 17.9 Å². The largest absolute Gasteiger partial charge is 0.378 e. The topological polar surface area (TPSA) is 72.2 Å². The number of quaternary nitrogens is 1. The van der Waals surface area contributed by atoms with E-state index in [1.807, 2.05) is 49.3 Å². The number of allylic oxidation sites excluding steroid dienone is 1. The van der Waals surface area contributed by atoms with E-state index in [1.54, 1.807) is 6.08 Å². The van der Waals surface area contributed by atoms with Gasteiger partial charge < -0.3 is 14.3 Å². The van der Waals surface area contributed by atoms with Gasteiger partial charge in [0.1, 0.15) is 5.82 Å². The third-order valence-corrected chi connectivity index (χ3v) is 5.87. The maximum absolute atomic E-state index is 9.17. The fourth-order valence-electron chi connectivity index (χ4n) is 3.03. The highest BCUT2D eigenvalue weighted by atomic mass is 32.1. The van der Waals surface area contributed by atoms with Crippen molar-refractivity contribution in [3.05, 3.63) is 46.3 Å². The van der Waals surface area contributed by atoms with Gasteiger partial charge in [0, 0.05) is 19.8 Å². The minimum absolute atomic E-state index is 0.0378. The maximum atomic E-state index is 9.17. The highest BCUT2D eigenvalue weighted by Gasteiger charge is 2.27. The van der Waals surface area contributed by atoms with Gasteiger partial charge in [0.25, 0.3) is 5.70 Å². The summed E-state index contributed by atoms with van der Waals surface area (Å²) in [6.45, 7) is 10.9. The summed E-state index contributed by atoms with van der Waals surface area (Å²) in [5, 5.41) is 18.3. The number of hydrogen-bond acceptors (Lipinski definition) is 7. The zero-order valence-electron chi connectivity index (χ0n) is 17.7. The normalized spacial score (nSPS) is 16.3. The fourth-order valence-corrected chi connectivity index (χ4v) is 3.87. The molecule has 9 heteroatoms. The van der Waals surface area contributed by atoms with Gasteiger partial charge in [-0.1, -0.05) is 11.3 Å². The minimum Gasteiger partial charge on any atom is -0.378 e. The number of piperazine rings is 1. The zero-order valence-corrected chi connectivity index (χ0v) is 18.5. The van der Waals surface area contributed by atoms with Crippen LogP contribution < -0.4 is 9.80 Å². The number of hydrogen-bond donors (Lipinski definition) is 0. The van der Waals surface area contributed by atoms with Crippen molar-refractivity contribution in [2.24, 2.45) is 10.2 Å². The summed E-state index contributed by atoms with van der Waals surface area (Å²) in [6, 6.07) is 9.72. The Balaban J connectivity index is 1.88. The lowest BCUT2D eigenvalue weighted by atomic mass is 10.2. The van der Waals surface area contributed by atoms with Crippen molar-refractivity contribution in [2.75, 3.05) is 64.2 Å². The van der Waals surface area contributed by atoms with Crippen molar-refractivity contribution in [2.45, 2.75) is 0 Å². The lowest BCUT2D eigenvalue weighted by Crippen LogP contribution is -2.55. The predicted octanol–water partition coefficient (Wildman–Crippen LogP) is 4.30. The molecule has 0 aliphatic carbocycles. The van der Waals surface area contributed by atoms with E-state index in [0.29, 0.717) is 5.13 Å². The average Bonchev–Trinajstić information content (AvgIpc) is 3.13. The number of anilines is 2. The minimum atomic E-state index is 0.0378. The number of likely N-dealkylation sites (N-methyl/N-ethyl adjacent to an activating group) is 1. The molecule has 1 aromatic heterocycles. The summed E-state index contributed by atoms with van der Waals surface area (Å²) >= 11 is 1.34. The van der Waals surface area contributed by atoms with Crippen molar-refractivity contribution in [3.8, 4) is 6.07 Å². The number of nitriles is 1. The molecule has 1 fully saturated rings. The predicted molar refractivity (Wildman–Crippen MR) is 121 cm³/mol. The number of azo groups is 1. The smallest absolute Gasteiger partial charge is 0.263 e. The molecule has 154 valence electrons. The van der Waals surface area contributed by atoms with Crippen LogP contribution in [-0.2, 0) is 0 Å². The Morgan fingerprint density at radius 1 is 1.27 bits per heavy atom. The molecule has 0 bridgehead atoms. The Morgan fingerprint density at radius 2 is 1.93 bits per heavy atom. The van der Waals surface area contributed by atoms with E-state index in [-0.39, 0.29) is 5.70 Å². The zero-order chi connectivity index (χ0) is 21.7. The number of nitrogens with zero attached hydrogens (tertiary/aromatic N) is 8. The van der Waals surface area contributed by atoms with Crippen LogP contribution in [0.4, 0.5) is 22.3 Å². The van der Waals surface area contributed by atoms with E-state index in [1.165, 1.54) is 11.3 Å². The standard InChI is InChI=1S/C21H25N8S/c1-23-17(15-22)14-19-20(28-10-12-29(4,5)13-11-28)24-21(30-19)26-25-16-6-8-18(9-7-16)27(2)3/h6-9,14H,10-13H2,2-5H3/q+1. The monoisotopic (exact) mass is 421 g/mol. The van der Waals surface area contributed by atoms with Gasteiger partial charge in [0.05, 0.1) is 63.5 Å². The van der Waals surface area contributed by atoms with Crippen LogP contribution in [0.15, 0.2) is 40.2 Å². The van der Waals surface area contributed by atoms with Gasteiger partial charge in [-0.05, 0) is 30.3 Å². The molecular formula is C21H25N8S+. The molecule has 30 heavy (non-hydrogen) atoms. The van der Waals surface area contributed by atoms with Crippen LogP contribution in [0.5, 0.6) is 0 Å². The number of aromatic nitrogens is 1. The van der Waals surface area contributed by atoms with Crippen LogP contribution in [0.2, 0.25) is 0 Å². The van der Waals surface area contributed by atoms with Crippen LogP contribution in [-0.4, -0.2) is 63.8 Å². The first kappa shape index (κ1) is 21.4. The van der Waals surface area contributed by atoms with Crippen LogP contribution in [0.25, 0.3) is 10.9 Å². The molecule has 1 saturated heterocycles. The summed E-state index contributed by atoms with van der Waals surface area (Å²) in [5.74, 6) is 0.771. The fraction of sp³-hybridized carbons (Fsp3) is 0.381. The first-order valence-electron chi connectivity index (χ1n) is 9.57. The molecule has 2 aromatic rings. The molecule has 1 aliphatic rings. The molecule has 1 aromatic carbocycles. The molecule has 3 rings (SSSR count). The quantitative estimate of drug-likeness (QED) is 0.312. The number of benzene rings is 1. The lowest BCUT2D eigenvalue weighted by molar-refractivity contribution is -0.890. The summed E-state index contributed by atoms with van der Waals surface area (Å²) in [7, 11) is 8.41. The van der Waals surface area contributed by atoms with Gasteiger partial charge in [-0.3, -0.25) is 0 Å². The van der Waals surface area contributed by atoms with Crippen LogP contribution in [0.1, 0.15) is 4.88 Å². The second-order valence-electron chi connectivity index (χ2n) is 7.92. The molecule has 1 aliphatic heterocycles. The number of rotatable bonds is 5. The molecule has 0 amide bonds. The molecule has 0 unspecified atom stereocenters. The van der Waals surface area contributed by atoms with Gasteiger partial charge in [0.2, 0.25) is 5.13 Å². The lowest BCUT2D eigenvalue weighted by Gasteiger charge is -2.39. The molecule has 2 heterocycles. The second-order valence-corrected chi connectivity index (χ2v) is 8.93. The van der Waals surface area contributed by atoms with E-state index >= 15 is 0 Å². The molecule has 0 spiro atoms. The van der Waals surface area contributed by atoms with Crippen molar-refractivity contribution < 1.29 is 4.48 Å². The third kappa shape index (κ3) is 5.20. The van der Waals surface area contributed by atoms with Crippen molar-refractivity contribution >= 4 is 39.7 Å². The summed E-state index contributed by atoms with van der Waals surface area (Å²) < 4.78 is 0.965. The van der Waals surface area contributed by atoms with Gasteiger partial charge in [-0.2, -0.15) is 4.98 Å². The van der Waals surface area contributed by atoms with Gasteiger partial charge in [-0.25, -0.2) is 10.1 Å². The molecule has 8 nitrogen and oxygen atoms in total. The van der Waals surface area contributed by atoms with E-state index < -0.39 is 0 Å². The summed E-state index contributed by atoms with van der Waals surface area (Å²) in [4.78, 5) is 13.0. The highest BCUT2D eigenvalue weighted by molar-refractivity contribution is 7.16. The van der Waals surface area contributed by atoms with Gasteiger partial charge in [-0.15, -0.1) is 10.2 Å². The van der Waals surface area contributed by atoms with E-state index in [9.17, 15) is 0 Å². The average molecular weight is 422 g/mol. The highest BCUT2D eigenvalue weighted by Crippen LogP contribution is 2.35. The Morgan fingerprint density at radius 3 is 2.50 bits per heavy atom. The molecular weight excluding hydrogens is 396 g/mol. The van der Waals surface area contributed by atoms with E-state index in [2.05, 4.69) is 39.1 Å². The first-order chi connectivity index (χ1) is 14.3. The third-order valence-electron chi connectivity index (χ3n) is 4.99. The second kappa shape index (κ2) is 9.04. The summed E-state index contributed by atoms with van der Waals surface area (Å²) in [6.07, 6.45) is 1.60. The maximum Gasteiger partial charge on any atom is 0.263 e. The Bertz CT molecular complexity index is 1010. The Hall–Kier alpha value is -3.27. The van der Waals surface area contributed by atoms with Crippen molar-refractivity contribution in [1.29, 1.82) is 5.26 Å². The Labute approximate surface area is 181 Å². The van der Waals surface area contributed by atoms with E-state index in [0.717, 1.165) is 52.7 Å². The van der Waals surface area contributed by atoms with Crippen LogP contribution >= 0.6 is 11.3 Å². The molecule has 0 saturated carbocycles. The van der Waals surface area contributed by atoms with Crippen molar-refractivity contribution in [1.82, 2.24) is 4.98 Å². The SMILES string of the molecule is [C-]#[N+]C(C#N)=Cc1sc(N=Nc2ccc(N(C)C)cc2)nc1N1CC[N+](C)(C)CC1.